The average molecular weight is 402 g/mol. The van der Waals surface area contributed by atoms with E-state index in [-0.39, 0.29) is 11.5 Å². The first-order chi connectivity index (χ1) is 12.6. The summed E-state index contributed by atoms with van der Waals surface area (Å²) in [5, 5.41) is 15.4. The highest BCUT2D eigenvalue weighted by molar-refractivity contribution is 8.02. The molecule has 0 aliphatic heterocycles. The van der Waals surface area contributed by atoms with Crippen molar-refractivity contribution in [3.8, 4) is 0 Å². The van der Waals surface area contributed by atoms with Crippen molar-refractivity contribution in [3.05, 3.63) is 58.0 Å². The van der Waals surface area contributed by atoms with Gasteiger partial charge in [-0.05, 0) is 30.8 Å². The van der Waals surface area contributed by atoms with Gasteiger partial charge in [0.1, 0.15) is 0 Å². The minimum Gasteiger partial charge on any atom is -0.296 e. The summed E-state index contributed by atoms with van der Waals surface area (Å²) in [7, 11) is 0. The fourth-order valence-electron chi connectivity index (χ4n) is 2.08. The maximum absolute atomic E-state index is 12.1. The van der Waals surface area contributed by atoms with Crippen LogP contribution in [0.1, 0.15) is 16.1 Å². The zero-order valence-corrected chi connectivity index (χ0v) is 15.7. The number of hydrogen-bond acceptors (Lipinski definition) is 9. The summed E-state index contributed by atoms with van der Waals surface area (Å²) in [5.74, 6) is -0.246. The van der Waals surface area contributed by atoms with Crippen LogP contribution in [0.4, 0.5) is 5.13 Å². The van der Waals surface area contributed by atoms with E-state index in [1.54, 1.807) is 31.2 Å². The number of aryl methyl sites for hydroxylation is 1. The van der Waals surface area contributed by atoms with Crippen molar-refractivity contribution in [1.29, 1.82) is 0 Å². The molecule has 0 spiro atoms. The zero-order chi connectivity index (χ0) is 18.1. The highest BCUT2D eigenvalue weighted by Gasteiger charge is 2.14. The normalized spacial score (nSPS) is 11.0. The van der Waals surface area contributed by atoms with Crippen LogP contribution in [-0.2, 0) is 0 Å². The Bertz CT molecular complexity index is 1150. The maximum Gasteiger partial charge on any atom is 0.275 e. The number of hydrogen-bond donors (Lipinski definition) is 1. The Kier molecular flexibility index (Phi) is 4.49. The third-order valence-electron chi connectivity index (χ3n) is 3.19. The molecule has 4 aromatic rings. The van der Waals surface area contributed by atoms with Gasteiger partial charge in [0.2, 0.25) is 10.1 Å². The molecule has 11 heteroatoms. The van der Waals surface area contributed by atoms with Crippen LogP contribution in [0.5, 0.6) is 0 Å². The average Bonchev–Trinajstić information content (AvgIpc) is 3.22. The lowest BCUT2D eigenvalue weighted by Gasteiger charge is -1.99. The summed E-state index contributed by atoms with van der Waals surface area (Å²) in [6, 6.07) is 10.3. The van der Waals surface area contributed by atoms with Gasteiger partial charge in [-0.15, -0.1) is 15.3 Å². The molecule has 1 aromatic carbocycles. The predicted molar refractivity (Wildman–Crippen MR) is 100 cm³/mol. The SMILES string of the molecule is Cc1cc(=O)n2nc(Sc3nnc(NC(=O)c4ccccc4)s3)sc2n1. The Labute approximate surface area is 158 Å². The van der Waals surface area contributed by atoms with E-state index in [9.17, 15) is 9.59 Å². The summed E-state index contributed by atoms with van der Waals surface area (Å²) < 4.78 is 2.49. The quantitative estimate of drug-likeness (QED) is 0.524. The Hall–Kier alpha value is -2.63. The molecule has 0 atom stereocenters. The Balaban J connectivity index is 1.51. The summed E-state index contributed by atoms with van der Waals surface area (Å²) in [5.41, 5.74) is 0.976. The lowest BCUT2D eigenvalue weighted by molar-refractivity contribution is 0.102. The van der Waals surface area contributed by atoms with E-state index in [2.05, 4.69) is 25.6 Å². The molecule has 0 aliphatic rings. The number of aromatic nitrogens is 5. The zero-order valence-electron chi connectivity index (χ0n) is 13.2. The first-order valence-electron chi connectivity index (χ1n) is 7.34. The smallest absolute Gasteiger partial charge is 0.275 e. The number of benzene rings is 1. The van der Waals surface area contributed by atoms with Crippen molar-refractivity contribution in [2.75, 3.05) is 5.32 Å². The summed E-state index contributed by atoms with van der Waals surface area (Å²) >= 11 is 3.80. The lowest BCUT2D eigenvalue weighted by atomic mass is 10.2. The van der Waals surface area contributed by atoms with Crippen molar-refractivity contribution in [1.82, 2.24) is 24.8 Å². The first-order valence-corrected chi connectivity index (χ1v) is 9.79. The van der Waals surface area contributed by atoms with E-state index < -0.39 is 0 Å². The van der Waals surface area contributed by atoms with Crippen LogP contribution < -0.4 is 10.9 Å². The highest BCUT2D eigenvalue weighted by Crippen LogP contribution is 2.34. The van der Waals surface area contributed by atoms with Gasteiger partial charge >= 0.3 is 0 Å². The van der Waals surface area contributed by atoms with Gasteiger partial charge < -0.3 is 0 Å². The molecule has 4 rings (SSSR count). The van der Waals surface area contributed by atoms with E-state index in [1.807, 2.05) is 6.07 Å². The number of anilines is 1. The van der Waals surface area contributed by atoms with Crippen molar-refractivity contribution in [2.45, 2.75) is 15.6 Å². The number of carbonyl (C=O) groups excluding carboxylic acids is 1. The van der Waals surface area contributed by atoms with Crippen molar-refractivity contribution >= 4 is 50.4 Å². The Morgan fingerprint density at radius 3 is 2.77 bits per heavy atom. The largest absolute Gasteiger partial charge is 0.296 e. The molecular formula is C15H10N6O2S3. The third-order valence-corrected chi connectivity index (χ3v) is 6.04. The van der Waals surface area contributed by atoms with Gasteiger partial charge in [-0.1, -0.05) is 40.9 Å². The van der Waals surface area contributed by atoms with Gasteiger partial charge in [0.05, 0.1) is 0 Å². The van der Waals surface area contributed by atoms with E-state index in [0.717, 1.165) is 0 Å². The Morgan fingerprint density at radius 2 is 1.96 bits per heavy atom. The molecule has 1 amide bonds. The molecule has 0 radical (unpaired) electrons. The van der Waals surface area contributed by atoms with Crippen LogP contribution >= 0.6 is 34.4 Å². The van der Waals surface area contributed by atoms with Crippen LogP contribution in [0.15, 0.2) is 49.9 Å². The van der Waals surface area contributed by atoms with Crippen molar-refractivity contribution in [3.63, 3.8) is 0 Å². The second-order valence-electron chi connectivity index (χ2n) is 5.09. The molecule has 1 N–H and O–H groups in total. The van der Waals surface area contributed by atoms with Crippen molar-refractivity contribution in [2.24, 2.45) is 0 Å². The number of nitrogens with zero attached hydrogens (tertiary/aromatic N) is 5. The van der Waals surface area contributed by atoms with Gasteiger partial charge in [-0.2, -0.15) is 4.52 Å². The second-order valence-corrected chi connectivity index (χ2v) is 8.52. The summed E-state index contributed by atoms with van der Waals surface area (Å²) in [6.07, 6.45) is 0. The van der Waals surface area contributed by atoms with Crippen LogP contribution in [-0.4, -0.2) is 30.7 Å². The standard InChI is InChI=1S/C15H10N6O2S3/c1-8-7-10(22)21-13(16-8)25-15(20-21)26-14-19-18-12(24-14)17-11(23)9-5-3-2-4-6-9/h2-7H,1H3,(H,17,18,23). The van der Waals surface area contributed by atoms with Crippen LogP contribution in [0.2, 0.25) is 0 Å². The molecule has 0 aliphatic carbocycles. The topological polar surface area (TPSA) is 102 Å². The molecule has 3 heterocycles. The van der Waals surface area contributed by atoms with Crippen LogP contribution in [0.25, 0.3) is 4.96 Å². The molecule has 0 saturated carbocycles. The molecule has 0 unspecified atom stereocenters. The molecule has 0 saturated heterocycles. The van der Waals surface area contributed by atoms with E-state index >= 15 is 0 Å². The van der Waals surface area contributed by atoms with E-state index in [1.165, 1.54) is 45.0 Å². The van der Waals surface area contributed by atoms with Gasteiger partial charge in [0, 0.05) is 17.3 Å². The molecule has 0 bridgehead atoms. The van der Waals surface area contributed by atoms with Gasteiger partial charge in [0.15, 0.2) is 8.68 Å². The van der Waals surface area contributed by atoms with E-state index in [4.69, 9.17) is 0 Å². The number of rotatable bonds is 4. The minimum absolute atomic E-state index is 0.219. The van der Waals surface area contributed by atoms with Crippen molar-refractivity contribution < 1.29 is 4.79 Å². The molecule has 26 heavy (non-hydrogen) atoms. The summed E-state index contributed by atoms with van der Waals surface area (Å²) in [6.45, 7) is 1.76. The van der Waals surface area contributed by atoms with E-state index in [0.29, 0.717) is 30.0 Å². The molecule has 0 fully saturated rings. The second kappa shape index (κ2) is 6.94. The minimum atomic E-state index is -0.246. The number of fused-ring (bicyclic) bond motifs is 1. The predicted octanol–water partition coefficient (Wildman–Crippen LogP) is 2.71. The fourth-order valence-corrected chi connectivity index (χ4v) is 5.02. The third kappa shape index (κ3) is 3.49. The number of amides is 1. The highest BCUT2D eigenvalue weighted by atomic mass is 32.2. The Morgan fingerprint density at radius 1 is 1.15 bits per heavy atom. The number of nitrogens with one attached hydrogen (secondary N) is 1. The first kappa shape index (κ1) is 16.8. The lowest BCUT2D eigenvalue weighted by Crippen LogP contribution is -2.14. The monoisotopic (exact) mass is 402 g/mol. The molecular weight excluding hydrogens is 392 g/mol. The van der Waals surface area contributed by atoms with Gasteiger partial charge in [-0.3, -0.25) is 14.9 Å². The molecule has 3 aromatic heterocycles. The fraction of sp³-hybridized carbons (Fsp3) is 0.0667. The molecule has 8 nitrogen and oxygen atoms in total. The summed E-state index contributed by atoms with van der Waals surface area (Å²) in [4.78, 5) is 28.9. The molecule has 130 valence electrons. The van der Waals surface area contributed by atoms with Gasteiger partial charge in [-0.25, -0.2) is 4.98 Å². The van der Waals surface area contributed by atoms with Gasteiger partial charge in [0.25, 0.3) is 11.5 Å². The number of carbonyl (C=O) groups is 1. The van der Waals surface area contributed by atoms with Crippen LogP contribution in [0.3, 0.4) is 0 Å². The maximum atomic E-state index is 12.1. The van der Waals surface area contributed by atoms with Crippen LogP contribution in [0, 0.1) is 6.92 Å².